The van der Waals surface area contributed by atoms with Gasteiger partial charge in [0.1, 0.15) is 5.75 Å². The Labute approximate surface area is 240 Å². The highest BCUT2D eigenvalue weighted by Crippen LogP contribution is 2.16. The Morgan fingerprint density at radius 1 is 0.436 bits per heavy atom. The molecule has 1 aromatic rings. The zero-order valence-corrected chi connectivity index (χ0v) is 25.2. The van der Waals surface area contributed by atoms with Crippen LogP contribution >= 0.6 is 0 Å². The maximum absolute atomic E-state index is 11.8. The number of benzene rings is 1. The normalized spacial score (nSPS) is 11.1. The molecule has 0 amide bonds. The number of para-hydroxylation sites is 1. The summed E-state index contributed by atoms with van der Waals surface area (Å²) in [6.07, 6.45) is 33.5. The molecule has 0 spiro atoms. The number of unbranched alkanes of at least 4 members (excludes halogenated alkanes) is 24. The molecule has 0 atom stereocenters. The van der Waals surface area contributed by atoms with Gasteiger partial charge < -0.3 is 9.84 Å². The minimum absolute atomic E-state index is 0.112. The smallest absolute Gasteiger partial charge is 0.311 e. The van der Waals surface area contributed by atoms with Gasteiger partial charge in [-0.05, 0) is 25.0 Å². The van der Waals surface area contributed by atoms with Crippen molar-refractivity contribution in [1.82, 2.24) is 0 Å². The summed E-state index contributed by atoms with van der Waals surface area (Å²) in [6.45, 7) is 0. The topological polar surface area (TPSA) is 63.6 Å². The summed E-state index contributed by atoms with van der Waals surface area (Å²) in [4.78, 5) is 22.3. The van der Waals surface area contributed by atoms with E-state index >= 15 is 0 Å². The molecule has 0 heterocycles. The van der Waals surface area contributed by atoms with Crippen LogP contribution in [0, 0.1) is 0 Å². The van der Waals surface area contributed by atoms with Gasteiger partial charge in [-0.1, -0.05) is 166 Å². The Balaban J connectivity index is 1.67. The SMILES string of the molecule is O=C(O)CCCCCCCCCCCCCCCCCCCCCCCCCCCC(=O)Oc1ccccc1. The minimum atomic E-state index is -0.658. The second-order valence-electron chi connectivity index (χ2n) is 11.5. The third-order valence-corrected chi connectivity index (χ3v) is 7.75. The fourth-order valence-corrected chi connectivity index (χ4v) is 5.28. The van der Waals surface area contributed by atoms with Crippen molar-refractivity contribution in [2.75, 3.05) is 0 Å². The molecule has 0 saturated carbocycles. The molecule has 4 heteroatoms. The first-order valence-electron chi connectivity index (χ1n) is 16.7. The van der Waals surface area contributed by atoms with Gasteiger partial charge in [0.25, 0.3) is 0 Å². The first-order chi connectivity index (χ1) is 19.2. The van der Waals surface area contributed by atoms with Gasteiger partial charge in [0.15, 0.2) is 0 Å². The molecule has 0 saturated heterocycles. The Hall–Kier alpha value is -1.84. The molecule has 1 aromatic carbocycles. The molecule has 0 aromatic heterocycles. The van der Waals surface area contributed by atoms with Crippen LogP contribution in [0.2, 0.25) is 0 Å². The van der Waals surface area contributed by atoms with E-state index in [2.05, 4.69) is 0 Å². The van der Waals surface area contributed by atoms with Crippen LogP contribution < -0.4 is 4.74 Å². The molecule has 1 N–H and O–H groups in total. The summed E-state index contributed by atoms with van der Waals surface area (Å²) >= 11 is 0. The van der Waals surface area contributed by atoms with Crippen molar-refractivity contribution in [2.24, 2.45) is 0 Å². The quantitative estimate of drug-likeness (QED) is 0.0619. The van der Waals surface area contributed by atoms with Crippen molar-refractivity contribution in [3.05, 3.63) is 30.3 Å². The van der Waals surface area contributed by atoms with Gasteiger partial charge in [-0.2, -0.15) is 0 Å². The Bertz CT molecular complexity index is 672. The van der Waals surface area contributed by atoms with Crippen LogP contribution in [-0.4, -0.2) is 17.0 Å². The van der Waals surface area contributed by atoms with E-state index in [1.54, 1.807) is 0 Å². The van der Waals surface area contributed by atoms with E-state index < -0.39 is 5.97 Å². The fraction of sp³-hybridized carbons (Fsp3) is 0.771. The first kappa shape index (κ1) is 35.2. The van der Waals surface area contributed by atoms with Crippen LogP contribution in [0.4, 0.5) is 0 Å². The highest BCUT2D eigenvalue weighted by Gasteiger charge is 2.04. The number of esters is 1. The largest absolute Gasteiger partial charge is 0.481 e. The Morgan fingerprint density at radius 2 is 0.718 bits per heavy atom. The monoisotopic (exact) mass is 544 g/mol. The van der Waals surface area contributed by atoms with Crippen LogP contribution in [0.1, 0.15) is 173 Å². The second kappa shape index (κ2) is 27.7. The maximum atomic E-state index is 11.8. The van der Waals surface area contributed by atoms with Crippen molar-refractivity contribution < 1.29 is 19.4 Å². The number of ether oxygens (including phenoxy) is 1. The number of hydrogen-bond acceptors (Lipinski definition) is 3. The van der Waals surface area contributed by atoms with Gasteiger partial charge in [0, 0.05) is 12.8 Å². The molecule has 39 heavy (non-hydrogen) atoms. The molecule has 0 aliphatic heterocycles. The number of hydrogen-bond donors (Lipinski definition) is 1. The molecule has 0 fully saturated rings. The van der Waals surface area contributed by atoms with Gasteiger partial charge in [-0.15, -0.1) is 0 Å². The van der Waals surface area contributed by atoms with E-state index in [0.29, 0.717) is 18.6 Å². The van der Waals surface area contributed by atoms with E-state index in [1.807, 2.05) is 30.3 Å². The van der Waals surface area contributed by atoms with Crippen molar-refractivity contribution in [2.45, 2.75) is 173 Å². The number of carbonyl (C=O) groups is 2. The van der Waals surface area contributed by atoms with Crippen molar-refractivity contribution >= 4 is 11.9 Å². The molecule has 0 radical (unpaired) electrons. The van der Waals surface area contributed by atoms with Crippen LogP contribution in [0.25, 0.3) is 0 Å². The first-order valence-corrected chi connectivity index (χ1v) is 16.7. The number of rotatable bonds is 29. The minimum Gasteiger partial charge on any atom is -0.481 e. The van der Waals surface area contributed by atoms with Crippen LogP contribution in [0.15, 0.2) is 30.3 Å². The van der Waals surface area contributed by atoms with Gasteiger partial charge in [-0.3, -0.25) is 9.59 Å². The number of carboxylic acids is 1. The third-order valence-electron chi connectivity index (χ3n) is 7.75. The summed E-state index contributed by atoms with van der Waals surface area (Å²) in [6, 6.07) is 9.34. The molecule has 4 nitrogen and oxygen atoms in total. The van der Waals surface area contributed by atoms with Crippen LogP contribution in [0.5, 0.6) is 5.75 Å². The summed E-state index contributed by atoms with van der Waals surface area (Å²) in [5.74, 6) is -0.124. The Morgan fingerprint density at radius 3 is 1.03 bits per heavy atom. The van der Waals surface area contributed by atoms with E-state index in [9.17, 15) is 9.59 Å². The molecule has 224 valence electrons. The highest BCUT2D eigenvalue weighted by molar-refractivity contribution is 5.72. The average molecular weight is 545 g/mol. The zero-order valence-electron chi connectivity index (χ0n) is 25.2. The lowest BCUT2D eigenvalue weighted by molar-refractivity contribution is -0.137. The molecule has 0 aliphatic rings. The Kier molecular flexibility index (Phi) is 25.0. The maximum Gasteiger partial charge on any atom is 0.311 e. The number of carbonyl (C=O) groups excluding carboxylic acids is 1. The average Bonchev–Trinajstić information content (AvgIpc) is 2.93. The van der Waals surface area contributed by atoms with Gasteiger partial charge in [-0.25, -0.2) is 0 Å². The van der Waals surface area contributed by atoms with Crippen LogP contribution in [0.3, 0.4) is 0 Å². The number of aliphatic carboxylic acids is 1. The van der Waals surface area contributed by atoms with Crippen molar-refractivity contribution in [3.63, 3.8) is 0 Å². The summed E-state index contributed by atoms with van der Waals surface area (Å²) < 4.78 is 5.33. The molecule has 1 rings (SSSR count). The summed E-state index contributed by atoms with van der Waals surface area (Å²) in [5, 5.41) is 8.63. The zero-order chi connectivity index (χ0) is 28.1. The van der Waals surface area contributed by atoms with Crippen LogP contribution in [-0.2, 0) is 9.59 Å². The molecular formula is C35H60O4. The molecule has 0 aliphatic carbocycles. The summed E-state index contributed by atoms with van der Waals surface area (Å²) in [5.41, 5.74) is 0. The number of carboxylic acid groups (broad SMARTS) is 1. The third kappa shape index (κ3) is 26.2. The standard InChI is InChI=1S/C35H60O4/c36-34(37)31-27-22-20-18-16-14-12-10-8-6-4-2-1-3-5-7-9-11-13-15-17-19-21-23-28-32-35(38)39-33-29-25-24-26-30-33/h24-26,29-30H,1-23,27-28,31-32H2,(H,36,37). The van der Waals surface area contributed by atoms with E-state index in [4.69, 9.17) is 9.84 Å². The molecule has 0 unspecified atom stereocenters. The lowest BCUT2D eigenvalue weighted by Gasteiger charge is -2.05. The second-order valence-corrected chi connectivity index (χ2v) is 11.5. The lowest BCUT2D eigenvalue weighted by Crippen LogP contribution is -2.07. The lowest BCUT2D eigenvalue weighted by atomic mass is 10.0. The van der Waals surface area contributed by atoms with Crippen molar-refractivity contribution in [1.29, 1.82) is 0 Å². The van der Waals surface area contributed by atoms with Gasteiger partial charge >= 0.3 is 11.9 Å². The summed E-state index contributed by atoms with van der Waals surface area (Å²) in [7, 11) is 0. The van der Waals surface area contributed by atoms with E-state index in [-0.39, 0.29) is 5.97 Å². The van der Waals surface area contributed by atoms with Gasteiger partial charge in [0.2, 0.25) is 0 Å². The predicted octanol–water partition coefficient (Wildman–Crippen LogP) is 11.2. The highest BCUT2D eigenvalue weighted by atomic mass is 16.5. The molecular weight excluding hydrogens is 484 g/mol. The fourth-order valence-electron chi connectivity index (χ4n) is 5.28. The van der Waals surface area contributed by atoms with E-state index in [1.165, 1.54) is 135 Å². The predicted molar refractivity (Wildman–Crippen MR) is 164 cm³/mol. The van der Waals surface area contributed by atoms with E-state index in [0.717, 1.165) is 25.7 Å². The molecule has 0 bridgehead atoms. The van der Waals surface area contributed by atoms with Gasteiger partial charge in [0.05, 0.1) is 0 Å². The van der Waals surface area contributed by atoms with Crippen molar-refractivity contribution in [3.8, 4) is 5.75 Å².